The Morgan fingerprint density at radius 2 is 1.94 bits per heavy atom. The lowest BCUT2D eigenvalue weighted by atomic mass is 10.1. The van der Waals surface area contributed by atoms with Crippen molar-refractivity contribution in [1.29, 1.82) is 0 Å². The number of nitrogens with zero attached hydrogens (tertiary/aromatic N) is 3. The van der Waals surface area contributed by atoms with E-state index in [1.807, 2.05) is 26.0 Å². The lowest BCUT2D eigenvalue weighted by molar-refractivity contribution is 1.07. The van der Waals surface area contributed by atoms with Gasteiger partial charge in [-0.05, 0) is 37.1 Å². The normalized spacial score (nSPS) is 10.3. The van der Waals surface area contributed by atoms with Crippen LogP contribution in [0.15, 0.2) is 18.2 Å². The van der Waals surface area contributed by atoms with Crippen molar-refractivity contribution in [2.45, 2.75) is 13.8 Å². The molecule has 0 radical (unpaired) electrons. The van der Waals surface area contributed by atoms with Crippen molar-refractivity contribution in [2.75, 3.05) is 11.1 Å². The Hall–Kier alpha value is -1.88. The van der Waals surface area contributed by atoms with E-state index in [1.54, 1.807) is 0 Å². The van der Waals surface area contributed by atoms with Gasteiger partial charge in [-0.2, -0.15) is 15.0 Å². The van der Waals surface area contributed by atoms with E-state index in [0.717, 1.165) is 11.3 Å². The SMILES string of the molecule is Cc1ccc(Nc2nc(N)nc(Cl)n2)c(C)c1. The first kappa shape index (κ1) is 11.6. The number of hydrogen-bond acceptors (Lipinski definition) is 5. The van der Waals surface area contributed by atoms with Crippen LogP contribution in [0.1, 0.15) is 11.1 Å². The third-order valence-corrected chi connectivity index (χ3v) is 2.42. The van der Waals surface area contributed by atoms with Gasteiger partial charge in [0.15, 0.2) is 0 Å². The number of halogens is 1. The van der Waals surface area contributed by atoms with Crippen molar-refractivity contribution in [1.82, 2.24) is 15.0 Å². The van der Waals surface area contributed by atoms with Crippen LogP contribution in [-0.2, 0) is 0 Å². The van der Waals surface area contributed by atoms with Gasteiger partial charge >= 0.3 is 0 Å². The Morgan fingerprint density at radius 3 is 2.59 bits per heavy atom. The highest BCUT2D eigenvalue weighted by Crippen LogP contribution is 2.20. The van der Waals surface area contributed by atoms with E-state index in [-0.39, 0.29) is 11.2 Å². The van der Waals surface area contributed by atoms with Crippen LogP contribution in [0, 0.1) is 13.8 Å². The van der Waals surface area contributed by atoms with E-state index in [1.165, 1.54) is 5.56 Å². The monoisotopic (exact) mass is 249 g/mol. The number of aromatic nitrogens is 3. The van der Waals surface area contributed by atoms with Gasteiger partial charge in [-0.1, -0.05) is 17.7 Å². The number of aryl methyl sites for hydroxylation is 2. The second-order valence-corrected chi connectivity index (χ2v) is 4.07. The largest absolute Gasteiger partial charge is 0.368 e. The number of benzene rings is 1. The van der Waals surface area contributed by atoms with E-state index < -0.39 is 0 Å². The van der Waals surface area contributed by atoms with Crippen LogP contribution < -0.4 is 11.1 Å². The third kappa shape index (κ3) is 2.82. The van der Waals surface area contributed by atoms with Crippen molar-refractivity contribution >= 4 is 29.2 Å². The molecule has 0 aliphatic rings. The van der Waals surface area contributed by atoms with Crippen LogP contribution in [0.25, 0.3) is 0 Å². The molecule has 0 saturated heterocycles. The maximum atomic E-state index is 5.70. The van der Waals surface area contributed by atoms with Crippen molar-refractivity contribution < 1.29 is 0 Å². The summed E-state index contributed by atoms with van der Waals surface area (Å²) in [5, 5.41) is 3.13. The van der Waals surface area contributed by atoms with Crippen LogP contribution >= 0.6 is 11.6 Å². The molecule has 1 heterocycles. The average molecular weight is 250 g/mol. The first-order valence-electron chi connectivity index (χ1n) is 5.06. The Morgan fingerprint density at radius 1 is 1.18 bits per heavy atom. The zero-order valence-corrected chi connectivity index (χ0v) is 10.3. The van der Waals surface area contributed by atoms with E-state index in [2.05, 4.69) is 26.3 Å². The minimum absolute atomic E-state index is 0.0739. The number of nitrogens with one attached hydrogen (secondary N) is 1. The van der Waals surface area contributed by atoms with Crippen molar-refractivity contribution in [2.24, 2.45) is 0 Å². The molecule has 0 unspecified atom stereocenters. The van der Waals surface area contributed by atoms with Gasteiger partial charge in [0.2, 0.25) is 17.2 Å². The molecular weight excluding hydrogens is 238 g/mol. The van der Waals surface area contributed by atoms with Crippen LogP contribution in [0.5, 0.6) is 0 Å². The fraction of sp³-hybridized carbons (Fsp3) is 0.182. The Bertz CT molecular complexity index is 535. The van der Waals surface area contributed by atoms with Crippen LogP contribution in [0.2, 0.25) is 5.28 Å². The molecule has 0 fully saturated rings. The molecule has 0 spiro atoms. The summed E-state index contributed by atoms with van der Waals surface area (Å²) < 4.78 is 0. The average Bonchev–Trinajstić information content (AvgIpc) is 2.21. The van der Waals surface area contributed by atoms with Gasteiger partial charge in [-0.25, -0.2) is 0 Å². The van der Waals surface area contributed by atoms with Gasteiger partial charge in [-0.3, -0.25) is 0 Å². The Kier molecular flexibility index (Phi) is 3.10. The van der Waals surface area contributed by atoms with Crippen molar-refractivity contribution in [3.05, 3.63) is 34.6 Å². The van der Waals surface area contributed by atoms with E-state index in [9.17, 15) is 0 Å². The lowest BCUT2D eigenvalue weighted by Crippen LogP contribution is -2.04. The standard InChI is InChI=1S/C11H12ClN5/c1-6-3-4-8(7(2)5-6)14-11-16-9(12)15-10(13)17-11/h3-5H,1-2H3,(H3,13,14,15,16,17). The van der Waals surface area contributed by atoms with Gasteiger partial charge in [0.1, 0.15) is 0 Å². The number of anilines is 3. The highest BCUT2D eigenvalue weighted by Gasteiger charge is 2.04. The molecule has 0 aliphatic carbocycles. The number of rotatable bonds is 2. The Labute approximate surface area is 104 Å². The molecule has 88 valence electrons. The van der Waals surface area contributed by atoms with Crippen LogP contribution in [0.3, 0.4) is 0 Å². The summed E-state index contributed by atoms with van der Waals surface area (Å²) in [5.74, 6) is 0.437. The number of nitrogens with two attached hydrogens (primary N) is 1. The maximum Gasteiger partial charge on any atom is 0.233 e. The summed E-state index contributed by atoms with van der Waals surface area (Å²) in [7, 11) is 0. The molecule has 2 rings (SSSR count). The molecule has 6 heteroatoms. The molecule has 5 nitrogen and oxygen atoms in total. The minimum atomic E-state index is 0.0739. The van der Waals surface area contributed by atoms with E-state index in [0.29, 0.717) is 5.95 Å². The third-order valence-electron chi connectivity index (χ3n) is 2.25. The van der Waals surface area contributed by atoms with Gasteiger partial charge in [0, 0.05) is 5.69 Å². The molecule has 2 aromatic rings. The molecular formula is C11H12ClN5. The second kappa shape index (κ2) is 4.55. The van der Waals surface area contributed by atoms with Crippen molar-refractivity contribution in [3.8, 4) is 0 Å². The minimum Gasteiger partial charge on any atom is -0.368 e. The quantitative estimate of drug-likeness (QED) is 0.855. The predicted octanol–water partition coefficient (Wildman–Crippen LogP) is 2.47. The fourth-order valence-corrected chi connectivity index (χ4v) is 1.66. The summed E-state index contributed by atoms with van der Waals surface area (Å²) >= 11 is 5.70. The van der Waals surface area contributed by atoms with E-state index >= 15 is 0 Å². The zero-order valence-electron chi connectivity index (χ0n) is 9.53. The highest BCUT2D eigenvalue weighted by molar-refractivity contribution is 6.28. The molecule has 1 aromatic heterocycles. The summed E-state index contributed by atoms with van der Waals surface area (Å²) in [6, 6.07) is 6.02. The fourth-order valence-electron chi connectivity index (χ4n) is 1.50. The second-order valence-electron chi connectivity index (χ2n) is 3.73. The van der Waals surface area contributed by atoms with Crippen LogP contribution in [-0.4, -0.2) is 15.0 Å². The molecule has 0 saturated carbocycles. The maximum absolute atomic E-state index is 5.70. The molecule has 0 amide bonds. The lowest BCUT2D eigenvalue weighted by Gasteiger charge is -2.08. The molecule has 3 N–H and O–H groups in total. The summed E-state index contributed by atoms with van der Waals surface area (Å²) in [4.78, 5) is 11.6. The van der Waals surface area contributed by atoms with Gasteiger partial charge in [0.05, 0.1) is 0 Å². The summed E-state index contributed by atoms with van der Waals surface area (Å²) in [6.45, 7) is 4.04. The highest BCUT2D eigenvalue weighted by atomic mass is 35.5. The molecule has 17 heavy (non-hydrogen) atoms. The molecule has 0 atom stereocenters. The first-order chi connectivity index (χ1) is 8.04. The molecule has 1 aromatic carbocycles. The molecule has 0 bridgehead atoms. The number of hydrogen-bond donors (Lipinski definition) is 2. The zero-order chi connectivity index (χ0) is 12.4. The summed E-state index contributed by atoms with van der Waals surface area (Å²) in [6.07, 6.45) is 0. The van der Waals surface area contributed by atoms with Crippen LogP contribution in [0.4, 0.5) is 17.6 Å². The van der Waals surface area contributed by atoms with Gasteiger partial charge in [-0.15, -0.1) is 0 Å². The smallest absolute Gasteiger partial charge is 0.233 e. The van der Waals surface area contributed by atoms with Gasteiger partial charge < -0.3 is 11.1 Å². The Balaban J connectivity index is 2.31. The van der Waals surface area contributed by atoms with Gasteiger partial charge in [0.25, 0.3) is 0 Å². The van der Waals surface area contributed by atoms with E-state index in [4.69, 9.17) is 17.3 Å². The topological polar surface area (TPSA) is 76.7 Å². The molecule has 0 aliphatic heterocycles. The van der Waals surface area contributed by atoms with Crippen molar-refractivity contribution in [3.63, 3.8) is 0 Å². The number of nitrogen functional groups attached to an aromatic ring is 1. The predicted molar refractivity (Wildman–Crippen MR) is 68.4 cm³/mol. The first-order valence-corrected chi connectivity index (χ1v) is 5.44. The summed E-state index contributed by atoms with van der Waals surface area (Å²) in [5.41, 5.74) is 8.70.